The van der Waals surface area contributed by atoms with E-state index < -0.39 is 18.0 Å². The van der Waals surface area contributed by atoms with Crippen molar-refractivity contribution in [3.63, 3.8) is 0 Å². The standard InChI is InChI=1S/C24H30N6O5/c1-14(2)35-24(33)29-10-16-8-18(20(34-4)9-17(16)11-29)23(32)28-21-7-5-6-19(27-21)22(26)30(13-25)15(3)12-31/h5-9,13-15,25-26,31H,10-12H2,1-4H3,(H,27,28,32). The Hall–Kier alpha value is -3.99. The number of rotatable bonds is 8. The van der Waals surface area contributed by atoms with Crippen molar-refractivity contribution in [2.24, 2.45) is 0 Å². The summed E-state index contributed by atoms with van der Waals surface area (Å²) in [5.74, 6) is 0.0253. The van der Waals surface area contributed by atoms with Gasteiger partial charge in [0.15, 0.2) is 5.84 Å². The quantitative estimate of drug-likeness (QED) is 0.333. The number of hydrogen-bond donors (Lipinski definition) is 4. The summed E-state index contributed by atoms with van der Waals surface area (Å²) in [7, 11) is 1.47. The first-order chi connectivity index (χ1) is 16.7. The molecular weight excluding hydrogens is 452 g/mol. The van der Waals surface area contributed by atoms with E-state index in [2.05, 4.69) is 10.3 Å². The molecule has 2 aromatic rings. The highest BCUT2D eigenvalue weighted by atomic mass is 16.6. The summed E-state index contributed by atoms with van der Waals surface area (Å²) in [5.41, 5.74) is 2.20. The number of nitrogens with one attached hydrogen (secondary N) is 3. The number of ether oxygens (including phenoxy) is 2. The highest BCUT2D eigenvalue weighted by Crippen LogP contribution is 2.31. The van der Waals surface area contributed by atoms with Gasteiger partial charge in [0, 0.05) is 13.1 Å². The lowest BCUT2D eigenvalue weighted by Crippen LogP contribution is -2.39. The van der Waals surface area contributed by atoms with Gasteiger partial charge in [0.05, 0.1) is 37.8 Å². The zero-order valence-corrected chi connectivity index (χ0v) is 20.2. The van der Waals surface area contributed by atoms with Crippen molar-refractivity contribution in [2.75, 3.05) is 19.0 Å². The van der Waals surface area contributed by atoms with Crippen LogP contribution in [-0.4, -0.2) is 69.9 Å². The van der Waals surface area contributed by atoms with Crippen molar-refractivity contribution in [1.29, 1.82) is 10.8 Å². The van der Waals surface area contributed by atoms with Crippen LogP contribution in [0.25, 0.3) is 0 Å². The van der Waals surface area contributed by atoms with Crippen LogP contribution >= 0.6 is 0 Å². The molecule has 0 saturated heterocycles. The van der Waals surface area contributed by atoms with Crippen molar-refractivity contribution < 1.29 is 24.2 Å². The number of aliphatic hydroxyl groups excluding tert-OH is 1. The number of benzene rings is 1. The molecule has 3 rings (SSSR count). The van der Waals surface area contributed by atoms with Gasteiger partial charge in [0.25, 0.3) is 5.91 Å². The number of methoxy groups -OCH3 is 1. The lowest BCUT2D eigenvalue weighted by molar-refractivity contribution is 0.0760. The first-order valence-corrected chi connectivity index (χ1v) is 11.1. The second kappa shape index (κ2) is 11.0. The molecule has 0 aliphatic carbocycles. The fraction of sp³-hybridized carbons (Fsp3) is 0.375. The SMILES string of the molecule is COc1cc2c(cc1C(=O)Nc1cccc(C(=N)N(C=N)C(C)CO)n1)CN(C(=O)OC(C)C)C2. The molecule has 2 heterocycles. The van der Waals surface area contributed by atoms with Crippen molar-refractivity contribution in [1.82, 2.24) is 14.8 Å². The molecule has 0 bridgehead atoms. The van der Waals surface area contributed by atoms with E-state index in [9.17, 15) is 14.7 Å². The van der Waals surface area contributed by atoms with Gasteiger partial charge in [-0.05, 0) is 56.2 Å². The van der Waals surface area contributed by atoms with Crippen molar-refractivity contribution in [3.05, 3.63) is 52.7 Å². The van der Waals surface area contributed by atoms with Crippen LogP contribution in [0.1, 0.15) is 48.0 Å². The molecule has 186 valence electrons. The molecule has 35 heavy (non-hydrogen) atoms. The van der Waals surface area contributed by atoms with Gasteiger partial charge >= 0.3 is 6.09 Å². The Morgan fingerprint density at radius 2 is 1.94 bits per heavy atom. The molecule has 0 fully saturated rings. The molecule has 0 spiro atoms. The number of hydrogen-bond acceptors (Lipinski definition) is 8. The van der Waals surface area contributed by atoms with Crippen molar-refractivity contribution in [3.8, 4) is 5.75 Å². The fourth-order valence-corrected chi connectivity index (χ4v) is 3.63. The minimum Gasteiger partial charge on any atom is -0.496 e. The summed E-state index contributed by atoms with van der Waals surface area (Å²) in [6.45, 7) is 5.69. The van der Waals surface area contributed by atoms with Gasteiger partial charge < -0.3 is 24.8 Å². The van der Waals surface area contributed by atoms with Gasteiger partial charge in [-0.3, -0.25) is 20.5 Å². The minimum atomic E-state index is -0.479. The molecular formula is C24H30N6O5. The minimum absolute atomic E-state index is 0.0823. The number of anilines is 1. The molecule has 0 saturated carbocycles. The van der Waals surface area contributed by atoms with Crippen LogP contribution in [0.2, 0.25) is 0 Å². The van der Waals surface area contributed by atoms with Crippen LogP contribution in [0, 0.1) is 10.8 Å². The number of fused-ring (bicyclic) bond motifs is 1. The maximum atomic E-state index is 13.1. The third-order valence-corrected chi connectivity index (χ3v) is 5.45. The van der Waals surface area contributed by atoms with Crippen molar-refractivity contribution in [2.45, 2.75) is 46.0 Å². The van der Waals surface area contributed by atoms with Crippen LogP contribution in [0.5, 0.6) is 5.75 Å². The smallest absolute Gasteiger partial charge is 0.410 e. The Morgan fingerprint density at radius 1 is 1.26 bits per heavy atom. The average molecular weight is 483 g/mol. The van der Waals surface area contributed by atoms with Gasteiger partial charge in [0.2, 0.25) is 0 Å². The molecule has 4 N–H and O–H groups in total. The van der Waals surface area contributed by atoms with E-state index in [0.29, 0.717) is 18.8 Å². The maximum Gasteiger partial charge on any atom is 0.410 e. The molecule has 2 amide bonds. The van der Waals surface area contributed by atoms with Crippen LogP contribution in [0.4, 0.5) is 10.6 Å². The summed E-state index contributed by atoms with van der Waals surface area (Å²) >= 11 is 0. The molecule has 1 aliphatic heterocycles. The summed E-state index contributed by atoms with van der Waals surface area (Å²) in [6.07, 6.45) is 0.301. The van der Waals surface area contributed by atoms with E-state index in [1.807, 2.05) is 0 Å². The summed E-state index contributed by atoms with van der Waals surface area (Å²) in [5, 5.41) is 28.0. The molecule has 0 radical (unpaired) electrons. The van der Waals surface area contributed by atoms with E-state index in [0.717, 1.165) is 17.5 Å². The number of aromatic nitrogens is 1. The van der Waals surface area contributed by atoms with Gasteiger partial charge in [-0.15, -0.1) is 0 Å². The molecule has 1 unspecified atom stereocenters. The van der Waals surface area contributed by atoms with Crippen LogP contribution < -0.4 is 10.1 Å². The average Bonchev–Trinajstić information content (AvgIpc) is 3.26. The van der Waals surface area contributed by atoms with E-state index in [4.69, 9.17) is 20.3 Å². The highest BCUT2D eigenvalue weighted by molar-refractivity contribution is 6.06. The highest BCUT2D eigenvalue weighted by Gasteiger charge is 2.28. The Labute approximate surface area is 203 Å². The number of pyridine rings is 1. The number of amides is 2. The first kappa shape index (κ1) is 25.6. The van der Waals surface area contributed by atoms with E-state index in [1.54, 1.807) is 56.0 Å². The van der Waals surface area contributed by atoms with E-state index >= 15 is 0 Å². The van der Waals surface area contributed by atoms with Gasteiger partial charge in [-0.1, -0.05) is 6.07 Å². The molecule has 11 heteroatoms. The van der Waals surface area contributed by atoms with Crippen LogP contribution in [0.3, 0.4) is 0 Å². The third kappa shape index (κ3) is 5.75. The lowest BCUT2D eigenvalue weighted by atomic mass is 10.0. The maximum absolute atomic E-state index is 13.1. The Bertz CT molecular complexity index is 1140. The predicted octanol–water partition coefficient (Wildman–Crippen LogP) is 2.82. The number of amidine groups is 1. The normalized spacial score (nSPS) is 13.1. The monoisotopic (exact) mass is 482 g/mol. The zero-order chi connectivity index (χ0) is 25.7. The second-order valence-corrected chi connectivity index (χ2v) is 8.39. The lowest BCUT2D eigenvalue weighted by Gasteiger charge is -2.25. The third-order valence-electron chi connectivity index (χ3n) is 5.45. The number of nitrogens with zero attached hydrogens (tertiary/aromatic N) is 3. The predicted molar refractivity (Wildman–Crippen MR) is 130 cm³/mol. The molecule has 1 aromatic heterocycles. The first-order valence-electron chi connectivity index (χ1n) is 11.1. The Kier molecular flexibility index (Phi) is 8.02. The van der Waals surface area contributed by atoms with E-state index in [-0.39, 0.29) is 35.6 Å². The second-order valence-electron chi connectivity index (χ2n) is 8.39. The van der Waals surface area contributed by atoms with Crippen molar-refractivity contribution >= 4 is 30.0 Å². The number of carbonyl (C=O) groups excluding carboxylic acids is 2. The Balaban J connectivity index is 1.80. The molecule has 1 aliphatic rings. The fourth-order valence-electron chi connectivity index (χ4n) is 3.63. The van der Waals surface area contributed by atoms with Gasteiger partial charge in [-0.25, -0.2) is 9.78 Å². The summed E-state index contributed by atoms with van der Waals surface area (Å²) < 4.78 is 10.7. The van der Waals surface area contributed by atoms with Crippen LogP contribution in [0.15, 0.2) is 30.3 Å². The summed E-state index contributed by atoms with van der Waals surface area (Å²) in [4.78, 5) is 32.6. The molecule has 1 atom stereocenters. The topological polar surface area (TPSA) is 152 Å². The number of carbonyl (C=O) groups is 2. The van der Waals surface area contributed by atoms with Gasteiger partial charge in [0.1, 0.15) is 17.3 Å². The number of aliphatic hydroxyl groups is 1. The van der Waals surface area contributed by atoms with Gasteiger partial charge in [-0.2, -0.15) is 0 Å². The van der Waals surface area contributed by atoms with E-state index in [1.165, 1.54) is 12.0 Å². The molecule has 1 aromatic carbocycles. The largest absolute Gasteiger partial charge is 0.496 e. The molecule has 11 nitrogen and oxygen atoms in total. The summed E-state index contributed by atoms with van der Waals surface area (Å²) in [6, 6.07) is 7.76. The van der Waals surface area contributed by atoms with Crippen LogP contribution in [-0.2, 0) is 17.8 Å². The zero-order valence-electron chi connectivity index (χ0n) is 20.2. The Morgan fingerprint density at radius 3 is 2.54 bits per heavy atom.